The van der Waals surface area contributed by atoms with Crippen LogP contribution in [0.1, 0.15) is 24.8 Å². The predicted octanol–water partition coefficient (Wildman–Crippen LogP) is 3.10. The maximum atomic E-state index is 2.58. The SMILES string of the molecule is C1CN2CCC1CC2.Cc1ccccc1. The molecule has 0 radical (unpaired) electrons. The molecule has 82 valence electrons. The second-order valence-corrected chi connectivity index (χ2v) is 4.73. The first-order chi connectivity index (χ1) is 7.34. The molecular formula is C14H21N. The molecule has 0 unspecified atom stereocenters. The number of piperidine rings is 3. The van der Waals surface area contributed by atoms with Crippen LogP contribution in [-0.2, 0) is 0 Å². The minimum atomic E-state index is 1.11. The summed E-state index contributed by atoms with van der Waals surface area (Å²) in [7, 11) is 0. The monoisotopic (exact) mass is 203 g/mol. The predicted molar refractivity (Wildman–Crippen MR) is 65.0 cm³/mol. The molecule has 3 aliphatic heterocycles. The molecule has 0 saturated carbocycles. The van der Waals surface area contributed by atoms with E-state index in [0.717, 1.165) is 5.92 Å². The zero-order valence-corrected chi connectivity index (χ0v) is 9.65. The Hall–Kier alpha value is -0.820. The third-order valence-corrected chi connectivity index (χ3v) is 3.50. The molecule has 15 heavy (non-hydrogen) atoms. The normalized spacial score (nSPS) is 28.1. The Morgan fingerprint density at radius 1 is 0.933 bits per heavy atom. The van der Waals surface area contributed by atoms with Gasteiger partial charge in [-0.15, -0.1) is 0 Å². The molecule has 0 atom stereocenters. The minimum Gasteiger partial charge on any atom is -0.303 e. The lowest BCUT2D eigenvalue weighted by Crippen LogP contribution is -2.41. The summed E-state index contributed by atoms with van der Waals surface area (Å²) < 4.78 is 0. The fourth-order valence-electron chi connectivity index (χ4n) is 2.40. The van der Waals surface area contributed by atoms with Gasteiger partial charge in [0.2, 0.25) is 0 Å². The highest BCUT2D eigenvalue weighted by molar-refractivity contribution is 5.11. The van der Waals surface area contributed by atoms with E-state index in [-0.39, 0.29) is 0 Å². The van der Waals surface area contributed by atoms with Crippen molar-refractivity contribution >= 4 is 0 Å². The Bertz CT molecular complexity index is 250. The van der Waals surface area contributed by atoms with Gasteiger partial charge in [-0.05, 0) is 51.7 Å². The molecule has 0 amide bonds. The van der Waals surface area contributed by atoms with Crippen LogP contribution < -0.4 is 0 Å². The van der Waals surface area contributed by atoms with Crippen molar-refractivity contribution in [1.29, 1.82) is 0 Å². The van der Waals surface area contributed by atoms with Crippen LogP contribution in [0.3, 0.4) is 0 Å². The molecule has 0 N–H and O–H groups in total. The van der Waals surface area contributed by atoms with E-state index < -0.39 is 0 Å². The van der Waals surface area contributed by atoms with Gasteiger partial charge < -0.3 is 4.90 Å². The summed E-state index contributed by atoms with van der Waals surface area (Å²) in [5.41, 5.74) is 1.32. The topological polar surface area (TPSA) is 3.24 Å². The van der Waals surface area contributed by atoms with Crippen LogP contribution >= 0.6 is 0 Å². The van der Waals surface area contributed by atoms with Gasteiger partial charge in [0.1, 0.15) is 0 Å². The molecule has 1 aromatic carbocycles. The van der Waals surface area contributed by atoms with Crippen molar-refractivity contribution in [2.45, 2.75) is 26.2 Å². The summed E-state index contributed by atoms with van der Waals surface area (Å²) in [6.07, 6.45) is 4.46. The van der Waals surface area contributed by atoms with Gasteiger partial charge in [0, 0.05) is 0 Å². The molecule has 3 fully saturated rings. The van der Waals surface area contributed by atoms with Gasteiger partial charge in [-0.2, -0.15) is 0 Å². The molecular weight excluding hydrogens is 182 g/mol. The average Bonchev–Trinajstić information content (AvgIpc) is 2.33. The molecule has 1 nitrogen and oxygen atoms in total. The van der Waals surface area contributed by atoms with Crippen molar-refractivity contribution in [3.63, 3.8) is 0 Å². The van der Waals surface area contributed by atoms with Crippen molar-refractivity contribution in [3.8, 4) is 0 Å². The van der Waals surface area contributed by atoms with Gasteiger partial charge >= 0.3 is 0 Å². The Balaban J connectivity index is 0.000000115. The Morgan fingerprint density at radius 3 is 1.67 bits per heavy atom. The van der Waals surface area contributed by atoms with Crippen LogP contribution in [0.2, 0.25) is 0 Å². The van der Waals surface area contributed by atoms with Crippen LogP contribution in [0.5, 0.6) is 0 Å². The van der Waals surface area contributed by atoms with Crippen LogP contribution in [0.15, 0.2) is 30.3 Å². The molecule has 4 rings (SSSR count). The lowest BCUT2D eigenvalue weighted by atomic mass is 9.89. The van der Waals surface area contributed by atoms with Gasteiger partial charge in [0.05, 0.1) is 0 Å². The van der Waals surface area contributed by atoms with Crippen molar-refractivity contribution in [3.05, 3.63) is 35.9 Å². The summed E-state index contributed by atoms with van der Waals surface area (Å²) in [4.78, 5) is 2.58. The number of aryl methyl sites for hydroxylation is 1. The zero-order chi connectivity index (χ0) is 10.5. The standard InChI is InChI=1S/C7H13N.C7H8/c1-4-8-5-2-7(1)3-6-8;1-7-5-3-2-4-6-7/h7H,1-6H2;2-6H,1H3. The van der Waals surface area contributed by atoms with Crippen molar-refractivity contribution in [2.24, 2.45) is 5.92 Å². The summed E-state index contributed by atoms with van der Waals surface area (Å²) in [6, 6.07) is 10.3. The van der Waals surface area contributed by atoms with Crippen molar-refractivity contribution in [2.75, 3.05) is 19.6 Å². The molecule has 1 aromatic rings. The summed E-state index contributed by atoms with van der Waals surface area (Å²) >= 11 is 0. The van der Waals surface area contributed by atoms with Gasteiger partial charge in [-0.3, -0.25) is 0 Å². The average molecular weight is 203 g/mol. The molecule has 3 saturated heterocycles. The molecule has 3 heterocycles. The van der Waals surface area contributed by atoms with E-state index in [1.54, 1.807) is 0 Å². The summed E-state index contributed by atoms with van der Waals surface area (Å²) in [6.45, 7) is 6.26. The molecule has 0 aromatic heterocycles. The molecule has 0 aliphatic carbocycles. The second-order valence-electron chi connectivity index (χ2n) is 4.73. The lowest BCUT2D eigenvalue weighted by Gasteiger charge is -2.38. The fraction of sp³-hybridized carbons (Fsp3) is 0.571. The number of nitrogens with zero attached hydrogens (tertiary/aromatic N) is 1. The van der Waals surface area contributed by atoms with E-state index in [2.05, 4.69) is 24.0 Å². The number of rotatable bonds is 0. The van der Waals surface area contributed by atoms with E-state index >= 15 is 0 Å². The molecule has 2 bridgehead atoms. The number of hydrogen-bond donors (Lipinski definition) is 0. The van der Waals surface area contributed by atoms with Crippen LogP contribution in [0, 0.1) is 12.8 Å². The number of fused-ring (bicyclic) bond motifs is 3. The van der Waals surface area contributed by atoms with Gasteiger partial charge in [0.15, 0.2) is 0 Å². The van der Waals surface area contributed by atoms with Crippen LogP contribution in [0.4, 0.5) is 0 Å². The van der Waals surface area contributed by atoms with Crippen LogP contribution in [-0.4, -0.2) is 24.5 Å². The maximum Gasteiger partial charge on any atom is -0.00161 e. The lowest BCUT2D eigenvalue weighted by molar-refractivity contribution is 0.111. The zero-order valence-electron chi connectivity index (χ0n) is 9.65. The maximum absolute atomic E-state index is 2.58. The highest BCUT2D eigenvalue weighted by Crippen LogP contribution is 2.26. The van der Waals surface area contributed by atoms with Crippen LogP contribution in [0.25, 0.3) is 0 Å². The Kier molecular flexibility index (Phi) is 3.79. The first-order valence-corrected chi connectivity index (χ1v) is 6.08. The van der Waals surface area contributed by atoms with E-state index in [1.165, 1.54) is 44.5 Å². The van der Waals surface area contributed by atoms with E-state index in [1.807, 2.05) is 18.2 Å². The minimum absolute atomic E-state index is 1.11. The smallest absolute Gasteiger partial charge is 0.00161 e. The third-order valence-electron chi connectivity index (χ3n) is 3.50. The Morgan fingerprint density at radius 2 is 1.47 bits per heavy atom. The van der Waals surface area contributed by atoms with Gasteiger partial charge in [-0.1, -0.05) is 35.9 Å². The first kappa shape index (κ1) is 10.7. The second kappa shape index (κ2) is 5.32. The molecule has 0 spiro atoms. The summed E-state index contributed by atoms with van der Waals surface area (Å²) in [5.74, 6) is 1.11. The molecule has 1 heteroatoms. The fourth-order valence-corrected chi connectivity index (χ4v) is 2.40. The van der Waals surface area contributed by atoms with E-state index in [4.69, 9.17) is 0 Å². The van der Waals surface area contributed by atoms with Crippen molar-refractivity contribution in [1.82, 2.24) is 4.90 Å². The Labute approximate surface area is 93.1 Å². The summed E-state index contributed by atoms with van der Waals surface area (Å²) in [5, 5.41) is 0. The quantitative estimate of drug-likeness (QED) is 0.626. The largest absolute Gasteiger partial charge is 0.303 e. The van der Waals surface area contributed by atoms with Gasteiger partial charge in [-0.25, -0.2) is 0 Å². The van der Waals surface area contributed by atoms with Crippen molar-refractivity contribution < 1.29 is 0 Å². The highest BCUT2D eigenvalue weighted by atomic mass is 15.1. The number of benzene rings is 1. The first-order valence-electron chi connectivity index (χ1n) is 6.08. The number of hydrogen-bond acceptors (Lipinski definition) is 1. The molecule has 3 aliphatic rings. The van der Waals surface area contributed by atoms with E-state index in [0.29, 0.717) is 0 Å². The third kappa shape index (κ3) is 3.35. The van der Waals surface area contributed by atoms with Gasteiger partial charge in [0.25, 0.3) is 0 Å². The highest BCUT2D eigenvalue weighted by Gasteiger charge is 2.24. The van der Waals surface area contributed by atoms with E-state index in [9.17, 15) is 0 Å².